The van der Waals surface area contributed by atoms with Crippen LogP contribution in [0.3, 0.4) is 0 Å². The molecule has 0 radical (unpaired) electrons. The lowest BCUT2D eigenvalue weighted by Gasteiger charge is -2.15. The second kappa shape index (κ2) is 8.08. The van der Waals surface area contributed by atoms with Gasteiger partial charge in [0.15, 0.2) is 5.78 Å². The summed E-state index contributed by atoms with van der Waals surface area (Å²) in [5, 5.41) is 0. The molecule has 0 aliphatic carbocycles. The van der Waals surface area contributed by atoms with Gasteiger partial charge in [-0.05, 0) is 36.5 Å². The van der Waals surface area contributed by atoms with Crippen LogP contribution in [0, 0.1) is 18.8 Å². The summed E-state index contributed by atoms with van der Waals surface area (Å²) in [6.07, 6.45) is 2.71. The summed E-state index contributed by atoms with van der Waals surface area (Å²) in [6.45, 7) is 11.2. The van der Waals surface area contributed by atoms with Crippen LogP contribution in [-0.2, 0) is 0 Å². The summed E-state index contributed by atoms with van der Waals surface area (Å²) in [7, 11) is 0. The predicted octanol–water partition coefficient (Wildman–Crippen LogP) is 5.04. The van der Waals surface area contributed by atoms with E-state index in [9.17, 15) is 4.79 Å². The highest BCUT2D eigenvalue weighted by atomic mass is 16.5. The number of benzene rings is 1. The lowest BCUT2D eigenvalue weighted by molar-refractivity contribution is 0.0958. The molecular weight excluding hydrogens is 248 g/mol. The SMILES string of the molecule is CCC(C)COc1cc(C)ccc1C(=O)CC(C)CC. The Bertz CT molecular complexity index is 437. The van der Waals surface area contributed by atoms with Crippen LogP contribution >= 0.6 is 0 Å². The zero-order valence-electron chi connectivity index (χ0n) is 13.5. The van der Waals surface area contributed by atoms with E-state index in [2.05, 4.69) is 27.7 Å². The van der Waals surface area contributed by atoms with Crippen LogP contribution in [0.2, 0.25) is 0 Å². The first kappa shape index (κ1) is 16.7. The minimum atomic E-state index is 0.193. The lowest BCUT2D eigenvalue weighted by atomic mass is 9.96. The van der Waals surface area contributed by atoms with Gasteiger partial charge < -0.3 is 4.74 Å². The number of Topliss-reactive ketones (excluding diaryl/α,β-unsaturated/α-hetero) is 1. The summed E-state index contributed by atoms with van der Waals surface area (Å²) in [6, 6.07) is 5.87. The van der Waals surface area contributed by atoms with Gasteiger partial charge in [0.1, 0.15) is 5.75 Å². The average molecular weight is 276 g/mol. The molecule has 0 spiro atoms. The van der Waals surface area contributed by atoms with Crippen molar-refractivity contribution in [1.29, 1.82) is 0 Å². The number of aryl methyl sites for hydroxylation is 1. The largest absolute Gasteiger partial charge is 0.493 e. The molecule has 0 amide bonds. The molecule has 0 bridgehead atoms. The molecule has 0 N–H and O–H groups in total. The van der Waals surface area contributed by atoms with E-state index < -0.39 is 0 Å². The molecule has 0 aliphatic rings. The van der Waals surface area contributed by atoms with Crippen LogP contribution in [-0.4, -0.2) is 12.4 Å². The molecule has 1 aromatic carbocycles. The third kappa shape index (κ3) is 4.99. The van der Waals surface area contributed by atoms with E-state index in [0.29, 0.717) is 24.9 Å². The monoisotopic (exact) mass is 276 g/mol. The third-order valence-electron chi connectivity index (χ3n) is 3.89. The van der Waals surface area contributed by atoms with Gasteiger partial charge in [0.25, 0.3) is 0 Å². The molecule has 0 saturated carbocycles. The molecule has 0 aliphatic heterocycles. The van der Waals surface area contributed by atoms with Gasteiger partial charge in [-0.3, -0.25) is 4.79 Å². The minimum absolute atomic E-state index is 0.193. The first-order valence-corrected chi connectivity index (χ1v) is 7.74. The van der Waals surface area contributed by atoms with Crippen molar-refractivity contribution in [3.63, 3.8) is 0 Å². The molecule has 112 valence electrons. The van der Waals surface area contributed by atoms with Gasteiger partial charge in [0.05, 0.1) is 12.2 Å². The van der Waals surface area contributed by atoms with Crippen molar-refractivity contribution in [3.8, 4) is 5.75 Å². The van der Waals surface area contributed by atoms with Crippen LogP contribution < -0.4 is 4.74 Å². The maximum atomic E-state index is 12.4. The molecule has 0 fully saturated rings. The Kier molecular flexibility index (Phi) is 6.77. The lowest BCUT2D eigenvalue weighted by Crippen LogP contribution is -2.12. The van der Waals surface area contributed by atoms with E-state index in [1.807, 2.05) is 25.1 Å². The van der Waals surface area contributed by atoms with Gasteiger partial charge in [-0.15, -0.1) is 0 Å². The summed E-state index contributed by atoms with van der Waals surface area (Å²) in [4.78, 5) is 12.4. The highest BCUT2D eigenvalue weighted by Crippen LogP contribution is 2.24. The molecule has 2 atom stereocenters. The molecular formula is C18H28O2. The van der Waals surface area contributed by atoms with Crippen LogP contribution in [0.15, 0.2) is 18.2 Å². The first-order valence-electron chi connectivity index (χ1n) is 7.74. The molecule has 2 unspecified atom stereocenters. The Balaban J connectivity index is 2.86. The Morgan fingerprint density at radius 3 is 2.40 bits per heavy atom. The van der Waals surface area contributed by atoms with E-state index in [1.165, 1.54) is 0 Å². The van der Waals surface area contributed by atoms with Gasteiger partial charge >= 0.3 is 0 Å². The van der Waals surface area contributed by atoms with E-state index in [-0.39, 0.29) is 5.78 Å². The van der Waals surface area contributed by atoms with Gasteiger partial charge in [-0.1, -0.05) is 46.6 Å². The summed E-state index contributed by atoms with van der Waals surface area (Å²) in [5.41, 5.74) is 1.86. The molecule has 20 heavy (non-hydrogen) atoms. The molecule has 1 rings (SSSR count). The predicted molar refractivity (Wildman–Crippen MR) is 84.5 cm³/mol. The number of carbonyl (C=O) groups excluding carboxylic acids is 1. The number of carbonyl (C=O) groups is 1. The van der Waals surface area contributed by atoms with E-state index in [4.69, 9.17) is 4.74 Å². The van der Waals surface area contributed by atoms with Gasteiger partial charge in [-0.25, -0.2) is 0 Å². The normalized spacial score (nSPS) is 13.8. The highest BCUT2D eigenvalue weighted by Gasteiger charge is 2.15. The van der Waals surface area contributed by atoms with Crippen molar-refractivity contribution in [2.75, 3.05) is 6.61 Å². The third-order valence-corrected chi connectivity index (χ3v) is 3.89. The van der Waals surface area contributed by atoms with Crippen molar-refractivity contribution >= 4 is 5.78 Å². The Morgan fingerprint density at radius 1 is 1.15 bits per heavy atom. The van der Waals surface area contributed by atoms with Crippen LogP contribution in [0.25, 0.3) is 0 Å². The molecule has 0 heterocycles. The van der Waals surface area contributed by atoms with Crippen LogP contribution in [0.5, 0.6) is 5.75 Å². The summed E-state index contributed by atoms with van der Waals surface area (Å²) >= 11 is 0. The number of ketones is 1. The first-order chi connectivity index (χ1) is 9.47. The van der Waals surface area contributed by atoms with E-state index in [1.54, 1.807) is 0 Å². The van der Waals surface area contributed by atoms with Crippen molar-refractivity contribution in [2.45, 2.75) is 53.9 Å². The zero-order valence-corrected chi connectivity index (χ0v) is 13.5. The molecule has 0 saturated heterocycles. The fourth-order valence-electron chi connectivity index (χ4n) is 1.90. The molecule has 0 aromatic heterocycles. The second-order valence-corrected chi connectivity index (χ2v) is 5.96. The number of ether oxygens (including phenoxy) is 1. The van der Waals surface area contributed by atoms with Crippen LogP contribution in [0.1, 0.15) is 62.9 Å². The molecule has 2 nitrogen and oxygen atoms in total. The minimum Gasteiger partial charge on any atom is -0.493 e. The highest BCUT2D eigenvalue weighted by molar-refractivity contribution is 5.98. The maximum absolute atomic E-state index is 12.4. The van der Waals surface area contributed by atoms with Gasteiger partial charge in [0, 0.05) is 6.42 Å². The van der Waals surface area contributed by atoms with Gasteiger partial charge in [0.2, 0.25) is 0 Å². The fraction of sp³-hybridized carbons (Fsp3) is 0.611. The van der Waals surface area contributed by atoms with Crippen molar-refractivity contribution in [1.82, 2.24) is 0 Å². The molecule has 1 aromatic rings. The molecule has 2 heteroatoms. The van der Waals surface area contributed by atoms with E-state index >= 15 is 0 Å². The number of rotatable bonds is 8. The smallest absolute Gasteiger partial charge is 0.166 e. The fourth-order valence-corrected chi connectivity index (χ4v) is 1.90. The zero-order chi connectivity index (χ0) is 15.1. The van der Waals surface area contributed by atoms with Crippen molar-refractivity contribution in [2.24, 2.45) is 11.8 Å². The second-order valence-electron chi connectivity index (χ2n) is 5.96. The number of hydrogen-bond donors (Lipinski definition) is 0. The number of hydrogen-bond acceptors (Lipinski definition) is 2. The van der Waals surface area contributed by atoms with Crippen molar-refractivity contribution < 1.29 is 9.53 Å². The van der Waals surface area contributed by atoms with Crippen molar-refractivity contribution in [3.05, 3.63) is 29.3 Å². The average Bonchev–Trinajstić information content (AvgIpc) is 2.44. The quantitative estimate of drug-likeness (QED) is 0.622. The van der Waals surface area contributed by atoms with Gasteiger partial charge in [-0.2, -0.15) is 0 Å². The summed E-state index contributed by atoms with van der Waals surface area (Å²) < 4.78 is 5.89. The standard InChI is InChI=1S/C18H28O2/c1-6-13(3)10-17(19)16-9-8-15(5)11-18(16)20-12-14(4)7-2/h8-9,11,13-14H,6-7,10,12H2,1-5H3. The topological polar surface area (TPSA) is 26.3 Å². The summed E-state index contributed by atoms with van der Waals surface area (Å²) in [5.74, 6) is 1.87. The maximum Gasteiger partial charge on any atom is 0.166 e. The Hall–Kier alpha value is -1.31. The Labute approximate surface area is 123 Å². The van der Waals surface area contributed by atoms with Crippen LogP contribution in [0.4, 0.5) is 0 Å². The Morgan fingerprint density at radius 2 is 1.80 bits per heavy atom. The van der Waals surface area contributed by atoms with E-state index in [0.717, 1.165) is 29.7 Å².